The summed E-state index contributed by atoms with van der Waals surface area (Å²) in [5, 5.41) is 2.19. The Labute approximate surface area is 125 Å². The topological polar surface area (TPSA) is 46.9 Å². The zero-order valence-corrected chi connectivity index (χ0v) is 11.6. The molecule has 0 saturated heterocycles. The number of terminal acetylenes is 1. The molecule has 1 aromatic heterocycles. The van der Waals surface area contributed by atoms with Crippen LogP contribution in [0.5, 0.6) is 0 Å². The van der Waals surface area contributed by atoms with Crippen molar-refractivity contribution in [3.63, 3.8) is 0 Å². The first-order valence-electron chi connectivity index (χ1n) is 6.28. The first kappa shape index (κ1) is 15.6. The predicted molar refractivity (Wildman–Crippen MR) is 74.5 cm³/mol. The van der Waals surface area contributed by atoms with Gasteiger partial charge in [0.15, 0.2) is 11.4 Å². The summed E-state index contributed by atoms with van der Waals surface area (Å²) >= 11 is 0. The molecule has 0 aliphatic carbocycles. The van der Waals surface area contributed by atoms with Gasteiger partial charge < -0.3 is 5.32 Å². The predicted octanol–water partition coefficient (Wildman–Crippen LogP) is 2.56. The van der Waals surface area contributed by atoms with E-state index in [-0.39, 0.29) is 6.54 Å². The quantitative estimate of drug-likeness (QED) is 0.886. The number of rotatable bonds is 3. The van der Waals surface area contributed by atoms with Crippen molar-refractivity contribution in [1.29, 1.82) is 0 Å². The number of nitrogens with one attached hydrogen (secondary N) is 1. The second kappa shape index (κ2) is 5.93. The van der Waals surface area contributed by atoms with Crippen molar-refractivity contribution in [1.82, 2.24) is 14.9 Å². The Balaban J connectivity index is 2.58. The van der Waals surface area contributed by atoms with E-state index in [2.05, 4.69) is 16.2 Å². The minimum atomic E-state index is -4.73. The summed E-state index contributed by atoms with van der Waals surface area (Å²) in [6, 6.07) is 6.52. The maximum Gasteiger partial charge on any atom is 0.434 e. The van der Waals surface area contributed by atoms with Crippen molar-refractivity contribution >= 4 is 5.91 Å². The molecule has 0 atom stereocenters. The lowest BCUT2D eigenvalue weighted by Gasteiger charge is -2.14. The van der Waals surface area contributed by atoms with E-state index in [1.807, 2.05) is 0 Å². The number of alkyl halides is 3. The van der Waals surface area contributed by atoms with Crippen LogP contribution in [0.1, 0.15) is 21.7 Å². The van der Waals surface area contributed by atoms with Crippen LogP contribution >= 0.6 is 0 Å². The van der Waals surface area contributed by atoms with Gasteiger partial charge in [-0.15, -0.1) is 6.42 Å². The van der Waals surface area contributed by atoms with Gasteiger partial charge in [-0.2, -0.15) is 13.2 Å². The second-order valence-electron chi connectivity index (χ2n) is 4.48. The molecule has 0 saturated carbocycles. The van der Waals surface area contributed by atoms with Gasteiger partial charge in [-0.3, -0.25) is 9.36 Å². The minimum Gasteiger partial charge on any atom is -0.340 e. The fraction of sp³-hybridized carbons (Fsp3) is 0.200. The third-order valence-electron chi connectivity index (χ3n) is 2.98. The zero-order valence-electron chi connectivity index (χ0n) is 11.6. The maximum atomic E-state index is 13.4. The SMILES string of the molecule is C#CCNC(=O)c1ncn(-c2ccccc2C)c1C(F)(F)F. The Morgan fingerprint density at radius 3 is 2.68 bits per heavy atom. The molecule has 114 valence electrons. The third kappa shape index (κ3) is 2.96. The van der Waals surface area contributed by atoms with E-state index >= 15 is 0 Å². The molecule has 1 aromatic carbocycles. The number of nitrogens with zero attached hydrogens (tertiary/aromatic N) is 2. The Morgan fingerprint density at radius 2 is 2.09 bits per heavy atom. The van der Waals surface area contributed by atoms with E-state index in [1.165, 1.54) is 6.07 Å². The van der Waals surface area contributed by atoms with Gasteiger partial charge in [0.2, 0.25) is 0 Å². The number of imidazole rings is 1. The number of para-hydroxylation sites is 1. The molecule has 0 unspecified atom stereocenters. The molecule has 2 aromatic rings. The van der Waals surface area contributed by atoms with E-state index in [1.54, 1.807) is 25.1 Å². The molecule has 22 heavy (non-hydrogen) atoms. The molecule has 1 amide bonds. The summed E-state index contributed by atoms with van der Waals surface area (Å²) in [7, 11) is 0. The van der Waals surface area contributed by atoms with E-state index in [0.29, 0.717) is 11.3 Å². The monoisotopic (exact) mass is 307 g/mol. The van der Waals surface area contributed by atoms with Gasteiger partial charge in [-0.1, -0.05) is 24.1 Å². The third-order valence-corrected chi connectivity index (χ3v) is 2.98. The molecule has 0 aliphatic rings. The average molecular weight is 307 g/mol. The molecule has 0 spiro atoms. The molecule has 4 nitrogen and oxygen atoms in total. The van der Waals surface area contributed by atoms with Crippen molar-refractivity contribution in [2.45, 2.75) is 13.1 Å². The van der Waals surface area contributed by atoms with Crippen molar-refractivity contribution < 1.29 is 18.0 Å². The summed E-state index contributed by atoms with van der Waals surface area (Å²) < 4.78 is 40.9. The number of hydrogen-bond donors (Lipinski definition) is 1. The number of halogens is 3. The van der Waals surface area contributed by atoms with Crippen molar-refractivity contribution in [2.24, 2.45) is 0 Å². The average Bonchev–Trinajstić information content (AvgIpc) is 2.90. The van der Waals surface area contributed by atoms with E-state index in [0.717, 1.165) is 10.9 Å². The molecule has 2 rings (SSSR count). The van der Waals surface area contributed by atoms with Crippen molar-refractivity contribution in [2.75, 3.05) is 6.54 Å². The Morgan fingerprint density at radius 1 is 1.41 bits per heavy atom. The van der Waals surface area contributed by atoms with Crippen LogP contribution in [0.15, 0.2) is 30.6 Å². The summed E-state index contributed by atoms with van der Waals surface area (Å²) in [5.41, 5.74) is -0.901. The standard InChI is InChI=1S/C15H12F3N3O/c1-3-8-19-14(22)12-13(15(16,17)18)21(9-20-12)11-7-5-4-6-10(11)2/h1,4-7,9H,8H2,2H3,(H,19,22). The molecule has 1 heterocycles. The second-order valence-corrected chi connectivity index (χ2v) is 4.48. The molecule has 0 fully saturated rings. The highest BCUT2D eigenvalue weighted by molar-refractivity contribution is 5.94. The fourth-order valence-corrected chi connectivity index (χ4v) is 2.02. The van der Waals surface area contributed by atoms with Crippen molar-refractivity contribution in [3.8, 4) is 18.0 Å². The van der Waals surface area contributed by atoms with E-state index < -0.39 is 23.5 Å². The van der Waals surface area contributed by atoms with Crippen LogP contribution < -0.4 is 5.32 Å². The van der Waals surface area contributed by atoms with Gasteiger partial charge in [0.05, 0.1) is 12.2 Å². The Kier molecular flexibility index (Phi) is 4.22. The highest BCUT2D eigenvalue weighted by Crippen LogP contribution is 2.34. The zero-order chi connectivity index (χ0) is 16.3. The highest BCUT2D eigenvalue weighted by Gasteiger charge is 2.40. The summed E-state index contributed by atoms with van der Waals surface area (Å²) in [4.78, 5) is 15.4. The first-order chi connectivity index (χ1) is 10.4. The maximum absolute atomic E-state index is 13.4. The number of aromatic nitrogens is 2. The minimum absolute atomic E-state index is 0.173. The molecule has 1 N–H and O–H groups in total. The van der Waals surface area contributed by atoms with Crippen molar-refractivity contribution in [3.05, 3.63) is 47.5 Å². The molecule has 7 heteroatoms. The summed E-state index contributed by atoms with van der Waals surface area (Å²) in [5.74, 6) is 1.17. The largest absolute Gasteiger partial charge is 0.434 e. The fourth-order valence-electron chi connectivity index (χ4n) is 2.02. The Hall–Kier alpha value is -2.75. The van der Waals surface area contributed by atoms with Crippen LogP contribution in [0.4, 0.5) is 13.2 Å². The van der Waals surface area contributed by atoms with Crippen LogP contribution in [0.25, 0.3) is 5.69 Å². The summed E-state index contributed by atoms with van der Waals surface area (Å²) in [6.45, 7) is 1.50. The van der Waals surface area contributed by atoms with Gasteiger partial charge in [0, 0.05) is 0 Å². The lowest BCUT2D eigenvalue weighted by Crippen LogP contribution is -2.27. The summed E-state index contributed by atoms with van der Waals surface area (Å²) in [6.07, 6.45) is 1.23. The molecular weight excluding hydrogens is 295 g/mol. The molecular formula is C15H12F3N3O. The van der Waals surface area contributed by atoms with Gasteiger partial charge in [-0.25, -0.2) is 4.98 Å². The normalized spacial score (nSPS) is 11.0. The van der Waals surface area contributed by atoms with Crippen LogP contribution in [0, 0.1) is 19.3 Å². The smallest absolute Gasteiger partial charge is 0.340 e. The lowest BCUT2D eigenvalue weighted by atomic mass is 10.2. The highest BCUT2D eigenvalue weighted by atomic mass is 19.4. The number of hydrogen-bond acceptors (Lipinski definition) is 2. The molecule has 0 radical (unpaired) electrons. The van der Waals surface area contributed by atoms with Crippen LogP contribution in [0.3, 0.4) is 0 Å². The molecule has 0 aliphatic heterocycles. The number of aryl methyl sites for hydroxylation is 1. The van der Waals surface area contributed by atoms with Gasteiger partial charge in [-0.05, 0) is 18.6 Å². The van der Waals surface area contributed by atoms with Gasteiger partial charge in [0.25, 0.3) is 5.91 Å². The van der Waals surface area contributed by atoms with E-state index in [4.69, 9.17) is 6.42 Å². The van der Waals surface area contributed by atoms with Gasteiger partial charge >= 0.3 is 6.18 Å². The van der Waals surface area contributed by atoms with Gasteiger partial charge in [0.1, 0.15) is 6.33 Å². The molecule has 0 bridgehead atoms. The van der Waals surface area contributed by atoms with Crippen LogP contribution in [-0.2, 0) is 6.18 Å². The number of amides is 1. The van der Waals surface area contributed by atoms with Crippen LogP contribution in [0.2, 0.25) is 0 Å². The lowest BCUT2D eigenvalue weighted by molar-refractivity contribution is -0.142. The first-order valence-corrected chi connectivity index (χ1v) is 6.28. The van der Waals surface area contributed by atoms with Crippen LogP contribution in [-0.4, -0.2) is 22.0 Å². The Bertz CT molecular complexity index is 741. The number of carbonyl (C=O) groups excluding carboxylic acids is 1. The number of carbonyl (C=O) groups is 1. The number of benzene rings is 1. The van der Waals surface area contributed by atoms with E-state index in [9.17, 15) is 18.0 Å².